The van der Waals surface area contributed by atoms with Crippen molar-refractivity contribution in [2.75, 3.05) is 5.32 Å². The summed E-state index contributed by atoms with van der Waals surface area (Å²) < 4.78 is 0. The van der Waals surface area contributed by atoms with Gasteiger partial charge in [-0.3, -0.25) is 0 Å². The van der Waals surface area contributed by atoms with Crippen LogP contribution >= 0.6 is 0 Å². The van der Waals surface area contributed by atoms with Gasteiger partial charge in [-0.1, -0.05) is 30.3 Å². The van der Waals surface area contributed by atoms with Crippen molar-refractivity contribution in [1.29, 1.82) is 0 Å². The zero-order chi connectivity index (χ0) is 13.1. The number of aromatic carboxylic acids is 1. The minimum Gasteiger partial charge on any atom is -0.545 e. The Hall–Kier alpha value is -0.654. The van der Waals surface area contributed by atoms with Crippen LogP contribution in [0.1, 0.15) is 21.5 Å². The van der Waals surface area contributed by atoms with Gasteiger partial charge in [0.2, 0.25) is 0 Å². The molecule has 92 valence electrons. The fourth-order valence-corrected chi connectivity index (χ4v) is 1.80. The molecule has 0 aliphatic rings. The fourth-order valence-electron chi connectivity index (χ4n) is 1.80. The number of anilines is 2. The summed E-state index contributed by atoms with van der Waals surface area (Å²) in [7, 11) is 0. The SMILES string of the molecule is Cc1cccc(Nc2ccccc2C(=O)[O-])c1C.[K+]. The number of aryl methyl sites for hydroxylation is 1. The van der Waals surface area contributed by atoms with E-state index in [9.17, 15) is 9.90 Å². The van der Waals surface area contributed by atoms with E-state index in [2.05, 4.69) is 5.32 Å². The van der Waals surface area contributed by atoms with E-state index in [-0.39, 0.29) is 56.9 Å². The molecule has 0 aliphatic carbocycles. The first kappa shape index (κ1) is 16.4. The number of hydrogen-bond acceptors (Lipinski definition) is 3. The summed E-state index contributed by atoms with van der Waals surface area (Å²) >= 11 is 0. The predicted molar refractivity (Wildman–Crippen MR) is 70.0 cm³/mol. The summed E-state index contributed by atoms with van der Waals surface area (Å²) in [6, 6.07) is 12.6. The Morgan fingerprint density at radius 3 is 2.32 bits per heavy atom. The van der Waals surface area contributed by atoms with Crippen molar-refractivity contribution in [3.63, 3.8) is 0 Å². The first-order chi connectivity index (χ1) is 8.59. The molecule has 0 heterocycles. The topological polar surface area (TPSA) is 52.2 Å². The number of rotatable bonds is 3. The van der Waals surface area contributed by atoms with Crippen molar-refractivity contribution in [2.45, 2.75) is 13.8 Å². The summed E-state index contributed by atoms with van der Waals surface area (Å²) in [6.45, 7) is 4.02. The second kappa shape index (κ2) is 7.21. The molecule has 0 unspecified atom stereocenters. The van der Waals surface area contributed by atoms with Gasteiger partial charge in [-0.2, -0.15) is 0 Å². The normalized spacial score (nSPS) is 9.58. The van der Waals surface area contributed by atoms with Crippen molar-refractivity contribution >= 4 is 17.3 Å². The minimum atomic E-state index is -1.18. The van der Waals surface area contributed by atoms with Gasteiger partial charge in [-0.25, -0.2) is 0 Å². The molecule has 0 radical (unpaired) electrons. The predicted octanol–water partition coefficient (Wildman–Crippen LogP) is -0.585. The Labute approximate surface area is 155 Å². The van der Waals surface area contributed by atoms with Crippen molar-refractivity contribution < 1.29 is 61.3 Å². The molecule has 0 atom stereocenters. The molecule has 0 fully saturated rings. The molecule has 3 nitrogen and oxygen atoms in total. The molecule has 1 N–H and O–H groups in total. The van der Waals surface area contributed by atoms with E-state index in [1.165, 1.54) is 6.07 Å². The van der Waals surface area contributed by atoms with Crippen LogP contribution in [0.3, 0.4) is 0 Å². The third-order valence-electron chi connectivity index (χ3n) is 3.02. The number of carbonyl (C=O) groups is 1. The average molecular weight is 279 g/mol. The maximum atomic E-state index is 11.0. The smallest absolute Gasteiger partial charge is 0.545 e. The largest absolute Gasteiger partial charge is 1.00 e. The van der Waals surface area contributed by atoms with Crippen LogP contribution in [0, 0.1) is 13.8 Å². The monoisotopic (exact) mass is 279 g/mol. The van der Waals surface area contributed by atoms with Crippen LogP contribution in [-0.2, 0) is 0 Å². The molecule has 0 bridgehead atoms. The second-order valence-corrected chi connectivity index (χ2v) is 4.21. The zero-order valence-electron chi connectivity index (χ0n) is 11.4. The molecule has 0 saturated carbocycles. The number of carbonyl (C=O) groups excluding carboxylic acids is 1. The molecule has 4 heteroatoms. The van der Waals surface area contributed by atoms with Crippen LogP contribution < -0.4 is 61.8 Å². The summed E-state index contributed by atoms with van der Waals surface area (Å²) in [5.74, 6) is -1.18. The van der Waals surface area contributed by atoms with Crippen LogP contribution in [0.25, 0.3) is 0 Å². The Bertz CT molecular complexity index is 596. The number of hydrogen-bond donors (Lipinski definition) is 1. The third kappa shape index (κ3) is 3.90. The molecule has 2 rings (SSSR count). The molecule has 0 aromatic heterocycles. The number of carboxylic acid groups (broad SMARTS) is 1. The fraction of sp³-hybridized carbons (Fsp3) is 0.133. The van der Waals surface area contributed by atoms with E-state index in [1.807, 2.05) is 32.0 Å². The van der Waals surface area contributed by atoms with Gasteiger partial charge in [0, 0.05) is 16.9 Å². The van der Waals surface area contributed by atoms with Crippen molar-refractivity contribution in [2.24, 2.45) is 0 Å². The van der Waals surface area contributed by atoms with Crippen LogP contribution in [0.5, 0.6) is 0 Å². The van der Waals surface area contributed by atoms with Crippen molar-refractivity contribution in [1.82, 2.24) is 0 Å². The Balaban J connectivity index is 0.00000180. The van der Waals surface area contributed by atoms with Gasteiger partial charge in [0.15, 0.2) is 0 Å². The number of benzene rings is 2. The van der Waals surface area contributed by atoms with Crippen LogP contribution in [0.15, 0.2) is 42.5 Å². The summed E-state index contributed by atoms with van der Waals surface area (Å²) in [5, 5.41) is 14.2. The van der Waals surface area contributed by atoms with E-state index in [4.69, 9.17) is 0 Å². The second-order valence-electron chi connectivity index (χ2n) is 4.21. The Morgan fingerprint density at radius 2 is 1.63 bits per heavy atom. The zero-order valence-corrected chi connectivity index (χ0v) is 14.5. The van der Waals surface area contributed by atoms with Gasteiger partial charge < -0.3 is 15.2 Å². The van der Waals surface area contributed by atoms with Gasteiger partial charge in [0.1, 0.15) is 0 Å². The minimum absolute atomic E-state index is 0. The Morgan fingerprint density at radius 1 is 1.00 bits per heavy atom. The maximum absolute atomic E-state index is 11.0. The molecule has 19 heavy (non-hydrogen) atoms. The van der Waals surface area contributed by atoms with E-state index in [0.29, 0.717) is 5.69 Å². The van der Waals surface area contributed by atoms with Crippen LogP contribution in [0.2, 0.25) is 0 Å². The summed E-state index contributed by atoms with van der Waals surface area (Å²) in [5.41, 5.74) is 3.88. The molecule has 2 aromatic carbocycles. The van der Waals surface area contributed by atoms with Gasteiger partial charge in [-0.15, -0.1) is 0 Å². The van der Waals surface area contributed by atoms with Gasteiger partial charge in [0.25, 0.3) is 0 Å². The maximum Gasteiger partial charge on any atom is 1.00 e. The van der Waals surface area contributed by atoms with E-state index >= 15 is 0 Å². The van der Waals surface area contributed by atoms with Gasteiger partial charge >= 0.3 is 51.4 Å². The Kier molecular flexibility index (Phi) is 6.23. The van der Waals surface area contributed by atoms with E-state index in [0.717, 1.165) is 16.8 Å². The molecule has 0 spiro atoms. The van der Waals surface area contributed by atoms with Gasteiger partial charge in [0.05, 0.1) is 5.97 Å². The first-order valence-corrected chi connectivity index (χ1v) is 5.73. The van der Waals surface area contributed by atoms with Crippen LogP contribution in [-0.4, -0.2) is 5.97 Å². The standard InChI is InChI=1S/C15H15NO2.K/c1-10-6-5-9-13(11(10)2)16-14-8-4-3-7-12(14)15(17)18;/h3-9,16H,1-2H3,(H,17,18);/q;+1/p-1. The third-order valence-corrected chi connectivity index (χ3v) is 3.02. The quantitative estimate of drug-likeness (QED) is 0.765. The summed E-state index contributed by atoms with van der Waals surface area (Å²) in [6.07, 6.45) is 0. The molecular formula is C15H14KNO2. The molecular weight excluding hydrogens is 265 g/mol. The average Bonchev–Trinajstić information content (AvgIpc) is 2.35. The molecule has 0 aliphatic heterocycles. The number of nitrogens with one attached hydrogen (secondary N) is 1. The van der Waals surface area contributed by atoms with E-state index in [1.54, 1.807) is 18.2 Å². The van der Waals surface area contributed by atoms with Crippen molar-refractivity contribution in [3.8, 4) is 0 Å². The van der Waals surface area contributed by atoms with Crippen LogP contribution in [0.4, 0.5) is 11.4 Å². The number of carboxylic acids is 1. The molecule has 2 aromatic rings. The summed E-state index contributed by atoms with van der Waals surface area (Å²) in [4.78, 5) is 11.0. The molecule has 0 saturated heterocycles. The number of para-hydroxylation sites is 1. The van der Waals surface area contributed by atoms with Gasteiger partial charge in [-0.05, 0) is 37.1 Å². The van der Waals surface area contributed by atoms with Crippen molar-refractivity contribution in [3.05, 3.63) is 59.2 Å². The molecule has 0 amide bonds. The first-order valence-electron chi connectivity index (χ1n) is 5.73. The van der Waals surface area contributed by atoms with E-state index < -0.39 is 5.97 Å².